The van der Waals surface area contributed by atoms with Crippen LogP contribution < -0.4 is 5.32 Å². The van der Waals surface area contributed by atoms with Gasteiger partial charge in [-0.2, -0.15) is 0 Å². The fourth-order valence-electron chi connectivity index (χ4n) is 3.54. The second kappa shape index (κ2) is 9.06. The van der Waals surface area contributed by atoms with Gasteiger partial charge in [-0.1, -0.05) is 49.2 Å². The summed E-state index contributed by atoms with van der Waals surface area (Å²) in [5.74, 6) is 0.121. The number of benzene rings is 2. The van der Waals surface area contributed by atoms with Gasteiger partial charge in [-0.25, -0.2) is 0 Å². The van der Waals surface area contributed by atoms with Crippen molar-refractivity contribution in [1.29, 1.82) is 0 Å². The maximum atomic E-state index is 13.1. The van der Waals surface area contributed by atoms with Gasteiger partial charge in [-0.05, 0) is 42.5 Å². The Kier molecular flexibility index (Phi) is 6.68. The summed E-state index contributed by atoms with van der Waals surface area (Å²) in [4.78, 5) is 23.9. The molecule has 8 heteroatoms. The summed E-state index contributed by atoms with van der Waals surface area (Å²) in [5.41, 5.74) is 2.33. The highest BCUT2D eigenvalue weighted by atomic mass is 35.5. The number of carbonyl (C=O) groups is 1. The Balaban J connectivity index is 1.96. The monoisotopic (exact) mass is 447 g/mol. The average molecular weight is 448 g/mol. The number of hydrogen-bond donors (Lipinski definition) is 1. The fraction of sp³-hybridized carbons (Fsp3) is 0.318. The Morgan fingerprint density at radius 1 is 1.20 bits per heavy atom. The molecule has 6 nitrogen and oxygen atoms in total. The van der Waals surface area contributed by atoms with Gasteiger partial charge in [0.25, 0.3) is 5.69 Å². The van der Waals surface area contributed by atoms with Crippen molar-refractivity contribution in [2.24, 2.45) is 5.92 Å². The van der Waals surface area contributed by atoms with E-state index in [0.29, 0.717) is 28.9 Å². The van der Waals surface area contributed by atoms with Gasteiger partial charge in [0.05, 0.1) is 15.5 Å². The molecule has 1 unspecified atom stereocenters. The van der Waals surface area contributed by atoms with E-state index >= 15 is 0 Å². The molecule has 0 bridgehead atoms. The molecule has 0 aliphatic rings. The standard InChI is InChI=1S/C22H23Cl2N3O3/c1-13(2)8-20(22(28)25-11-15-4-6-16(23)7-5-15)26-12-14(3)18-9-17(27(29)30)10-19(24)21(18)26/h4-7,9-10,12-13,20H,8,11H2,1-3H3,(H,25,28). The normalized spacial score (nSPS) is 12.3. The van der Waals surface area contributed by atoms with E-state index in [1.165, 1.54) is 12.1 Å². The molecule has 0 aliphatic carbocycles. The lowest BCUT2D eigenvalue weighted by Crippen LogP contribution is -2.33. The number of nitrogens with zero attached hydrogens (tertiary/aromatic N) is 2. The highest BCUT2D eigenvalue weighted by Crippen LogP contribution is 2.35. The molecule has 158 valence electrons. The van der Waals surface area contributed by atoms with Crippen LogP contribution in [0.2, 0.25) is 10.0 Å². The number of non-ortho nitro benzene ring substituents is 1. The summed E-state index contributed by atoms with van der Waals surface area (Å²) in [6, 6.07) is 9.64. The van der Waals surface area contributed by atoms with Crippen LogP contribution in [0.4, 0.5) is 5.69 Å². The number of nitrogens with one attached hydrogen (secondary N) is 1. The number of carbonyl (C=O) groups excluding carboxylic acids is 1. The average Bonchev–Trinajstić information content (AvgIpc) is 3.02. The predicted octanol–water partition coefficient (Wildman–Crippen LogP) is 6.07. The highest BCUT2D eigenvalue weighted by Gasteiger charge is 2.26. The Morgan fingerprint density at radius 2 is 1.87 bits per heavy atom. The first-order chi connectivity index (χ1) is 14.2. The minimum absolute atomic E-state index is 0.0686. The molecule has 0 saturated carbocycles. The van der Waals surface area contributed by atoms with Crippen LogP contribution >= 0.6 is 23.2 Å². The predicted molar refractivity (Wildman–Crippen MR) is 120 cm³/mol. The summed E-state index contributed by atoms with van der Waals surface area (Å²) in [6.45, 7) is 6.33. The fourth-order valence-corrected chi connectivity index (χ4v) is 3.98. The number of hydrogen-bond acceptors (Lipinski definition) is 3. The summed E-state index contributed by atoms with van der Waals surface area (Å²) in [6.07, 6.45) is 2.44. The summed E-state index contributed by atoms with van der Waals surface area (Å²) in [7, 11) is 0. The molecule has 0 fully saturated rings. The van der Waals surface area contributed by atoms with Crippen LogP contribution in [0.3, 0.4) is 0 Å². The third kappa shape index (κ3) is 4.77. The van der Waals surface area contributed by atoms with Crippen molar-refractivity contribution in [2.75, 3.05) is 0 Å². The van der Waals surface area contributed by atoms with Gasteiger partial charge in [0.2, 0.25) is 5.91 Å². The van der Waals surface area contributed by atoms with Crippen LogP contribution in [0, 0.1) is 23.0 Å². The molecule has 1 heterocycles. The molecule has 0 aliphatic heterocycles. The number of nitro groups is 1. The molecule has 1 N–H and O–H groups in total. The van der Waals surface area contributed by atoms with Gasteiger partial charge in [-0.3, -0.25) is 14.9 Å². The zero-order valence-corrected chi connectivity index (χ0v) is 18.5. The van der Waals surface area contributed by atoms with E-state index in [1.807, 2.05) is 43.7 Å². The lowest BCUT2D eigenvalue weighted by atomic mass is 10.0. The Bertz CT molecular complexity index is 1090. The maximum Gasteiger partial charge on any atom is 0.271 e. The van der Waals surface area contributed by atoms with Crippen LogP contribution in [-0.4, -0.2) is 15.4 Å². The minimum Gasteiger partial charge on any atom is -0.350 e. The first-order valence-electron chi connectivity index (χ1n) is 9.64. The largest absolute Gasteiger partial charge is 0.350 e. The van der Waals surface area contributed by atoms with Gasteiger partial charge in [0, 0.05) is 35.3 Å². The van der Waals surface area contributed by atoms with Crippen molar-refractivity contribution >= 4 is 45.7 Å². The van der Waals surface area contributed by atoms with E-state index in [2.05, 4.69) is 5.32 Å². The first kappa shape index (κ1) is 22.1. The minimum atomic E-state index is -0.493. The van der Waals surface area contributed by atoms with Crippen molar-refractivity contribution in [1.82, 2.24) is 9.88 Å². The number of aromatic nitrogens is 1. The molecule has 0 saturated heterocycles. The molecule has 1 aromatic heterocycles. The van der Waals surface area contributed by atoms with Gasteiger partial charge >= 0.3 is 0 Å². The molecule has 3 rings (SSSR count). The van der Waals surface area contributed by atoms with E-state index in [-0.39, 0.29) is 22.5 Å². The third-order valence-corrected chi connectivity index (χ3v) is 5.53. The Morgan fingerprint density at radius 3 is 2.47 bits per heavy atom. The van der Waals surface area contributed by atoms with E-state index < -0.39 is 11.0 Å². The van der Waals surface area contributed by atoms with Crippen molar-refractivity contribution in [3.8, 4) is 0 Å². The van der Waals surface area contributed by atoms with E-state index in [9.17, 15) is 14.9 Å². The Labute approximate surface area is 184 Å². The van der Waals surface area contributed by atoms with Crippen LogP contribution in [0.25, 0.3) is 10.9 Å². The quantitative estimate of drug-likeness (QED) is 0.352. The maximum absolute atomic E-state index is 13.1. The molecule has 2 aromatic carbocycles. The number of aryl methyl sites for hydroxylation is 1. The van der Waals surface area contributed by atoms with Gasteiger partial charge in [0.15, 0.2) is 0 Å². The summed E-state index contributed by atoms with van der Waals surface area (Å²) in [5, 5.41) is 15.8. The van der Waals surface area contributed by atoms with Crippen molar-refractivity contribution < 1.29 is 9.72 Å². The molecule has 1 atom stereocenters. The third-order valence-electron chi connectivity index (χ3n) is 4.99. The van der Waals surface area contributed by atoms with Crippen molar-refractivity contribution in [2.45, 2.75) is 39.8 Å². The number of nitro benzene ring substituents is 1. The molecule has 1 amide bonds. The molecule has 30 heavy (non-hydrogen) atoms. The van der Waals surface area contributed by atoms with Crippen molar-refractivity contribution in [3.05, 3.63) is 73.9 Å². The van der Waals surface area contributed by atoms with E-state index in [4.69, 9.17) is 23.2 Å². The second-order valence-electron chi connectivity index (χ2n) is 7.79. The van der Waals surface area contributed by atoms with Crippen LogP contribution in [-0.2, 0) is 11.3 Å². The molecular formula is C22H23Cl2N3O3. The SMILES string of the molecule is Cc1cn(C(CC(C)C)C(=O)NCc2ccc(Cl)cc2)c2c(Cl)cc([N+](=O)[O-])cc12. The van der Waals surface area contributed by atoms with Crippen LogP contribution in [0.5, 0.6) is 0 Å². The molecule has 0 radical (unpaired) electrons. The number of amides is 1. The summed E-state index contributed by atoms with van der Waals surface area (Å²) < 4.78 is 1.84. The Hall–Kier alpha value is -2.57. The van der Waals surface area contributed by atoms with Gasteiger partial charge < -0.3 is 9.88 Å². The summed E-state index contributed by atoms with van der Waals surface area (Å²) >= 11 is 12.3. The van der Waals surface area contributed by atoms with E-state index in [0.717, 1.165) is 11.1 Å². The molecular weight excluding hydrogens is 425 g/mol. The molecule has 3 aromatic rings. The van der Waals surface area contributed by atoms with Crippen molar-refractivity contribution in [3.63, 3.8) is 0 Å². The topological polar surface area (TPSA) is 77.2 Å². The first-order valence-corrected chi connectivity index (χ1v) is 10.4. The second-order valence-corrected chi connectivity index (χ2v) is 8.63. The van der Waals surface area contributed by atoms with E-state index in [1.54, 1.807) is 12.1 Å². The van der Waals surface area contributed by atoms with Crippen LogP contribution in [0.15, 0.2) is 42.6 Å². The zero-order chi connectivity index (χ0) is 22.0. The number of halogens is 2. The van der Waals surface area contributed by atoms with Gasteiger partial charge in [-0.15, -0.1) is 0 Å². The zero-order valence-electron chi connectivity index (χ0n) is 17.0. The number of fused-ring (bicyclic) bond motifs is 1. The highest BCUT2D eigenvalue weighted by molar-refractivity contribution is 6.35. The van der Waals surface area contributed by atoms with Gasteiger partial charge in [0.1, 0.15) is 6.04 Å². The lowest BCUT2D eigenvalue weighted by molar-refractivity contribution is -0.384. The molecule has 0 spiro atoms. The lowest BCUT2D eigenvalue weighted by Gasteiger charge is -2.22. The van der Waals surface area contributed by atoms with Crippen LogP contribution in [0.1, 0.15) is 37.4 Å². The smallest absolute Gasteiger partial charge is 0.271 e. The number of rotatable bonds is 7.